The molecule has 0 saturated heterocycles. The Labute approximate surface area is 157 Å². The Morgan fingerprint density at radius 3 is 2.38 bits per heavy atom. The lowest BCUT2D eigenvalue weighted by Crippen LogP contribution is -2.16. The molecule has 0 aliphatic carbocycles. The minimum absolute atomic E-state index is 0.115. The van der Waals surface area contributed by atoms with E-state index < -0.39 is 23.2 Å². The summed E-state index contributed by atoms with van der Waals surface area (Å²) in [6.45, 7) is 0. The van der Waals surface area contributed by atoms with Crippen LogP contribution in [0, 0.1) is 11.6 Å². The highest BCUT2D eigenvalue weighted by atomic mass is 35.5. The molecule has 0 atom stereocenters. The van der Waals surface area contributed by atoms with E-state index in [1.54, 1.807) is 18.2 Å². The number of para-hydroxylation sites is 1. The number of halogens is 4. The number of carbonyl (C=O) groups is 1. The summed E-state index contributed by atoms with van der Waals surface area (Å²) in [5.74, 6) is -2.27. The van der Waals surface area contributed by atoms with Gasteiger partial charge < -0.3 is 10.6 Å². The van der Waals surface area contributed by atoms with Gasteiger partial charge >= 0.3 is 0 Å². The van der Waals surface area contributed by atoms with Crippen molar-refractivity contribution in [1.29, 1.82) is 0 Å². The minimum Gasteiger partial charge on any atom is -0.338 e. The largest absolute Gasteiger partial charge is 0.338 e. The molecular weight excluding hydrogens is 385 g/mol. The summed E-state index contributed by atoms with van der Waals surface area (Å²) in [6.07, 6.45) is 2.44. The Hall–Kier alpha value is -2.77. The highest BCUT2D eigenvalue weighted by molar-refractivity contribution is 6.35. The fourth-order valence-electron chi connectivity index (χ4n) is 2.04. The summed E-state index contributed by atoms with van der Waals surface area (Å²) in [6, 6.07) is 8.12. The molecule has 0 bridgehead atoms. The zero-order valence-electron chi connectivity index (χ0n) is 12.9. The maximum atomic E-state index is 13.6. The second kappa shape index (κ2) is 7.63. The van der Waals surface area contributed by atoms with E-state index in [1.165, 1.54) is 12.3 Å². The van der Waals surface area contributed by atoms with Gasteiger partial charge in [-0.2, -0.15) is 0 Å². The van der Waals surface area contributed by atoms with Crippen LogP contribution in [0.2, 0.25) is 10.0 Å². The van der Waals surface area contributed by atoms with E-state index in [0.29, 0.717) is 21.6 Å². The van der Waals surface area contributed by atoms with E-state index in [-0.39, 0.29) is 5.69 Å². The number of anilines is 3. The maximum Gasteiger partial charge on any atom is 0.276 e. The first-order valence-electron chi connectivity index (χ1n) is 7.23. The van der Waals surface area contributed by atoms with Crippen LogP contribution in [0.5, 0.6) is 0 Å². The first-order chi connectivity index (χ1) is 12.4. The second-order valence-corrected chi connectivity index (χ2v) is 5.93. The molecule has 1 aromatic heterocycles. The minimum atomic E-state index is -0.889. The van der Waals surface area contributed by atoms with Gasteiger partial charge in [0.05, 0.1) is 23.1 Å². The Morgan fingerprint density at radius 2 is 1.73 bits per heavy atom. The van der Waals surface area contributed by atoms with Gasteiger partial charge in [-0.15, -0.1) is 0 Å². The molecule has 132 valence electrons. The van der Waals surface area contributed by atoms with Crippen molar-refractivity contribution in [2.75, 3.05) is 10.6 Å². The Kier molecular flexibility index (Phi) is 5.29. The molecule has 2 aromatic carbocycles. The second-order valence-electron chi connectivity index (χ2n) is 5.09. The molecular formula is C17H10Cl2F2N4O. The zero-order valence-corrected chi connectivity index (χ0v) is 14.4. The lowest BCUT2D eigenvalue weighted by atomic mass is 10.2. The van der Waals surface area contributed by atoms with Gasteiger partial charge in [0.15, 0.2) is 0 Å². The van der Waals surface area contributed by atoms with E-state index >= 15 is 0 Å². The maximum absolute atomic E-state index is 13.6. The quantitative estimate of drug-likeness (QED) is 0.648. The van der Waals surface area contributed by atoms with E-state index in [9.17, 15) is 13.6 Å². The van der Waals surface area contributed by atoms with Gasteiger partial charge in [-0.3, -0.25) is 4.79 Å². The van der Waals surface area contributed by atoms with Gasteiger partial charge in [0, 0.05) is 5.02 Å². The molecule has 5 nitrogen and oxygen atoms in total. The van der Waals surface area contributed by atoms with Crippen LogP contribution in [0.4, 0.5) is 26.0 Å². The molecule has 0 unspecified atom stereocenters. The molecule has 0 aliphatic heterocycles. The van der Waals surface area contributed by atoms with Gasteiger partial charge in [-0.05, 0) is 30.3 Å². The average molecular weight is 395 g/mol. The third-order valence-electron chi connectivity index (χ3n) is 3.28. The highest BCUT2D eigenvalue weighted by Crippen LogP contribution is 2.27. The molecule has 1 heterocycles. The van der Waals surface area contributed by atoms with Crippen molar-refractivity contribution >= 4 is 46.3 Å². The van der Waals surface area contributed by atoms with Crippen molar-refractivity contribution in [2.24, 2.45) is 0 Å². The predicted molar refractivity (Wildman–Crippen MR) is 96.1 cm³/mol. The fraction of sp³-hybridized carbons (Fsp3) is 0. The number of hydrogen-bond acceptors (Lipinski definition) is 4. The third kappa shape index (κ3) is 4.07. The lowest BCUT2D eigenvalue weighted by molar-refractivity contribution is 0.102. The van der Waals surface area contributed by atoms with Gasteiger partial charge in [0.1, 0.15) is 28.8 Å². The van der Waals surface area contributed by atoms with Crippen molar-refractivity contribution in [2.45, 2.75) is 0 Å². The van der Waals surface area contributed by atoms with Gasteiger partial charge in [-0.1, -0.05) is 29.3 Å². The molecule has 0 radical (unpaired) electrons. The molecule has 0 aliphatic rings. The van der Waals surface area contributed by atoms with Crippen LogP contribution < -0.4 is 10.6 Å². The van der Waals surface area contributed by atoms with Crippen LogP contribution in [0.25, 0.3) is 0 Å². The normalized spacial score (nSPS) is 10.5. The number of carbonyl (C=O) groups excluding carboxylic acids is 1. The zero-order chi connectivity index (χ0) is 18.7. The summed E-state index contributed by atoms with van der Waals surface area (Å²) >= 11 is 11.9. The Morgan fingerprint density at radius 1 is 1.00 bits per heavy atom. The van der Waals surface area contributed by atoms with Crippen LogP contribution in [-0.4, -0.2) is 15.9 Å². The summed E-state index contributed by atoms with van der Waals surface area (Å²) in [7, 11) is 0. The molecule has 3 rings (SSSR count). The Bertz CT molecular complexity index is 947. The molecule has 3 aromatic rings. The van der Waals surface area contributed by atoms with Gasteiger partial charge in [0.2, 0.25) is 0 Å². The summed E-state index contributed by atoms with van der Waals surface area (Å²) in [4.78, 5) is 20.0. The molecule has 0 saturated carbocycles. The number of aromatic nitrogens is 2. The van der Waals surface area contributed by atoms with E-state index in [1.807, 2.05) is 0 Å². The standard InChI is InChI=1S/C17H10Cl2F2N4O/c18-9-4-5-10(19)13(6-9)24-15-8-22-14(7-23-15)17(26)25-16-11(20)2-1-3-12(16)21/h1-8H,(H,23,24)(H,25,26). The molecule has 2 N–H and O–H groups in total. The molecule has 1 amide bonds. The highest BCUT2D eigenvalue weighted by Gasteiger charge is 2.15. The summed E-state index contributed by atoms with van der Waals surface area (Å²) < 4.78 is 27.2. The average Bonchev–Trinajstić information content (AvgIpc) is 2.62. The molecule has 0 fully saturated rings. The number of benzene rings is 2. The lowest BCUT2D eigenvalue weighted by Gasteiger charge is -2.09. The summed E-state index contributed by atoms with van der Waals surface area (Å²) in [5, 5.41) is 5.94. The molecule has 9 heteroatoms. The predicted octanol–water partition coefficient (Wildman–Crippen LogP) is 5.06. The third-order valence-corrected chi connectivity index (χ3v) is 3.84. The molecule has 26 heavy (non-hydrogen) atoms. The van der Waals surface area contributed by atoms with Crippen LogP contribution >= 0.6 is 23.2 Å². The van der Waals surface area contributed by atoms with Crippen LogP contribution in [0.3, 0.4) is 0 Å². The number of nitrogens with one attached hydrogen (secondary N) is 2. The van der Waals surface area contributed by atoms with Gasteiger partial charge in [0.25, 0.3) is 5.91 Å². The number of hydrogen-bond donors (Lipinski definition) is 2. The number of amides is 1. The van der Waals surface area contributed by atoms with Crippen LogP contribution in [-0.2, 0) is 0 Å². The van der Waals surface area contributed by atoms with Crippen LogP contribution in [0.1, 0.15) is 10.5 Å². The number of rotatable bonds is 4. The SMILES string of the molecule is O=C(Nc1c(F)cccc1F)c1cnc(Nc2cc(Cl)ccc2Cl)cn1. The van der Waals surface area contributed by atoms with Crippen molar-refractivity contribution in [3.63, 3.8) is 0 Å². The smallest absolute Gasteiger partial charge is 0.276 e. The fourth-order valence-corrected chi connectivity index (χ4v) is 2.37. The Balaban J connectivity index is 1.75. The van der Waals surface area contributed by atoms with Crippen molar-refractivity contribution < 1.29 is 13.6 Å². The summed E-state index contributed by atoms with van der Waals surface area (Å²) in [5.41, 5.74) is -0.151. The van der Waals surface area contributed by atoms with Crippen molar-refractivity contribution in [1.82, 2.24) is 9.97 Å². The van der Waals surface area contributed by atoms with E-state index in [2.05, 4.69) is 20.6 Å². The van der Waals surface area contributed by atoms with Gasteiger partial charge in [-0.25, -0.2) is 18.7 Å². The topological polar surface area (TPSA) is 66.9 Å². The number of nitrogens with zero attached hydrogens (tertiary/aromatic N) is 2. The van der Waals surface area contributed by atoms with E-state index in [4.69, 9.17) is 23.2 Å². The van der Waals surface area contributed by atoms with E-state index in [0.717, 1.165) is 18.3 Å². The molecule has 0 spiro atoms. The first kappa shape index (κ1) is 18.0. The van der Waals surface area contributed by atoms with Crippen molar-refractivity contribution in [3.05, 3.63) is 76.2 Å². The first-order valence-corrected chi connectivity index (χ1v) is 7.99. The monoisotopic (exact) mass is 394 g/mol. The van der Waals surface area contributed by atoms with Crippen LogP contribution in [0.15, 0.2) is 48.8 Å². The van der Waals surface area contributed by atoms with Crippen molar-refractivity contribution in [3.8, 4) is 0 Å².